The Hall–Kier alpha value is -2.44. The van der Waals surface area contributed by atoms with Crippen molar-refractivity contribution < 1.29 is 303 Å². The zero-order valence-corrected chi connectivity index (χ0v) is 70.5. The second-order valence-corrected chi connectivity index (χ2v) is 33.8. The number of rotatable bonds is 41. The number of aliphatic hydroxyl groups excluding tert-OH is 37. The van der Waals surface area contributed by atoms with Crippen LogP contribution in [0.15, 0.2) is 0 Å². The number of methoxy groups -OCH3 is 1. The van der Waals surface area contributed by atoms with Gasteiger partial charge in [0.1, 0.15) is 293 Å². The van der Waals surface area contributed by atoms with Crippen LogP contribution < -0.4 is 0 Å². The van der Waals surface area contributed by atoms with Crippen molar-refractivity contribution >= 4 is 0 Å². The molecule has 12 heterocycles. The van der Waals surface area contributed by atoms with Gasteiger partial charge in [-0.1, -0.05) is 0 Å². The summed E-state index contributed by atoms with van der Waals surface area (Å²) in [6.07, 6.45) is -126. The lowest BCUT2D eigenvalue weighted by atomic mass is 9.97. The molecule has 60 atom stereocenters. The van der Waals surface area contributed by atoms with E-state index in [1.807, 2.05) is 0 Å². The van der Waals surface area contributed by atoms with E-state index in [4.69, 9.17) is 114 Å². The first kappa shape index (κ1) is 110. The molecule has 12 aliphatic rings. The van der Waals surface area contributed by atoms with Gasteiger partial charge in [-0.05, 0) is 0 Å². The van der Waals surface area contributed by atoms with Gasteiger partial charge in [0, 0.05) is 7.11 Å². The first-order valence-electron chi connectivity index (χ1n) is 42.6. The Labute approximate surface area is 755 Å². The molecule has 0 aromatic rings. The standard InChI is InChI=1S/C73H124O61/c1-111-62-39(105)56(45(118-62)14(86)2-74)130-64-34(100)51(27(93)21(9-81)113-64)125-70-41(107)58(47(120-70)16(88)4-76)132-66-36(102)53(29(95)23(11-83)115-66)127-72-43(109)60(49(122-72)18(90)6-78)134-68-38(104)55(31(97)25(13-85)117-68)128-73-44(110)61(50(123-73)19(91)7-79)133-67-37(103)54(30(96)24(12-84)116-67)126-71-42(108)59(48(121-71)17(89)5-77)131-65-35(101)52(28(94)22(10-82)114-65)124-69-40(106)57(46(119-69)15(87)3-75)129-63-33(99)32(98)26(92)20(8-80)112-63/h14-110H,2-13H2,1H3/t14-,15-,16-,17-,18-,19-,20?,21?,22?,23?,24?,25?,26?,27?,28?,29?,30?,31?,32?,33?,34?,35?,36?,37?,38?,39?,40?,41?,42?,43?,44?,45?,46?,47?,48?,49?,50?,51?,52?,53?,54?,55?,56?,57?,58?,59?,60?,61?,62?,63?,64?,65?,66?,67?,68?,69?,70?,71?,72?,73?/m1/s1. The summed E-state index contributed by atoms with van der Waals surface area (Å²) < 4.78 is 137. The molecule has 61 heteroatoms. The second kappa shape index (κ2) is 48.1. The highest BCUT2D eigenvalue weighted by atomic mass is 16.8. The third kappa shape index (κ3) is 22.6. The molecule has 37 N–H and O–H groups in total. The predicted molar refractivity (Wildman–Crippen MR) is 400 cm³/mol. The molecule has 782 valence electrons. The lowest BCUT2D eigenvalue weighted by Crippen LogP contribution is -2.63. The molecule has 12 rings (SSSR count). The molecule has 61 nitrogen and oxygen atoms in total. The van der Waals surface area contributed by atoms with Crippen LogP contribution in [0.5, 0.6) is 0 Å². The Morgan fingerprint density at radius 1 is 0.164 bits per heavy atom. The molecule has 12 saturated heterocycles. The average molecular weight is 1980 g/mol. The van der Waals surface area contributed by atoms with Gasteiger partial charge < -0.3 is 303 Å². The normalized spacial score (nSPS) is 51.1. The van der Waals surface area contributed by atoms with Gasteiger partial charge in [0.25, 0.3) is 0 Å². The molecule has 0 bridgehead atoms. The summed E-state index contributed by atoms with van der Waals surface area (Å²) in [4.78, 5) is 0. The topological polar surface area (TPSA) is 970 Å². The van der Waals surface area contributed by atoms with Gasteiger partial charge in [-0.25, -0.2) is 0 Å². The molecule has 0 aromatic carbocycles. The van der Waals surface area contributed by atoms with Crippen LogP contribution in [0.25, 0.3) is 0 Å². The number of aliphatic hydroxyl groups is 37. The smallest absolute Gasteiger partial charge is 0.187 e. The van der Waals surface area contributed by atoms with E-state index in [-0.39, 0.29) is 0 Å². The molecular weight excluding hydrogens is 1850 g/mol. The highest BCUT2D eigenvalue weighted by Gasteiger charge is 2.65. The summed E-state index contributed by atoms with van der Waals surface area (Å²) in [5, 5.41) is 407. The van der Waals surface area contributed by atoms with E-state index in [1.54, 1.807) is 0 Å². The first-order valence-corrected chi connectivity index (χ1v) is 42.6. The van der Waals surface area contributed by atoms with Crippen LogP contribution in [0.1, 0.15) is 0 Å². The predicted octanol–water partition coefficient (Wildman–Crippen LogP) is -26.5. The van der Waals surface area contributed by atoms with Crippen LogP contribution in [0.3, 0.4) is 0 Å². The van der Waals surface area contributed by atoms with Gasteiger partial charge in [-0.2, -0.15) is 0 Å². The molecular formula is C73H124O61. The van der Waals surface area contributed by atoms with E-state index < -0.39 is 448 Å². The fraction of sp³-hybridized carbons (Fsp3) is 1.00. The lowest BCUT2D eigenvalue weighted by molar-refractivity contribution is -0.347. The van der Waals surface area contributed by atoms with Crippen molar-refractivity contribution in [2.45, 2.75) is 368 Å². The molecule has 54 unspecified atom stereocenters. The highest BCUT2D eigenvalue weighted by molar-refractivity contribution is 5.06. The third-order valence-corrected chi connectivity index (χ3v) is 25.2. The minimum absolute atomic E-state index is 0.935. The van der Waals surface area contributed by atoms with Crippen molar-refractivity contribution in [3.63, 3.8) is 0 Å². The molecule has 0 aliphatic carbocycles. The minimum atomic E-state index is -2.47. The molecule has 0 aromatic heterocycles. The van der Waals surface area contributed by atoms with Gasteiger partial charge in [0.15, 0.2) is 75.5 Å². The maximum absolute atomic E-state index is 12.1. The quantitative estimate of drug-likeness (QED) is 0.0270. The van der Waals surface area contributed by atoms with Gasteiger partial charge in [-0.3, -0.25) is 0 Å². The number of ether oxygens (including phenoxy) is 24. The van der Waals surface area contributed by atoms with Crippen LogP contribution in [-0.4, -0.2) is 644 Å². The Balaban J connectivity index is 0.701. The molecule has 0 saturated carbocycles. The van der Waals surface area contributed by atoms with E-state index in [9.17, 15) is 189 Å². The summed E-state index contributed by atoms with van der Waals surface area (Å²) in [6.45, 7) is -13.6. The zero-order valence-electron chi connectivity index (χ0n) is 70.5. The summed E-state index contributed by atoms with van der Waals surface area (Å²) >= 11 is 0. The van der Waals surface area contributed by atoms with Crippen molar-refractivity contribution in [3.8, 4) is 0 Å². The van der Waals surface area contributed by atoms with E-state index in [0.717, 1.165) is 7.11 Å². The maximum atomic E-state index is 12.1. The van der Waals surface area contributed by atoms with Crippen LogP contribution >= 0.6 is 0 Å². The minimum Gasteiger partial charge on any atom is -0.394 e. The Morgan fingerprint density at radius 2 is 0.299 bits per heavy atom. The van der Waals surface area contributed by atoms with Gasteiger partial charge in [0.05, 0.1) is 79.3 Å². The Morgan fingerprint density at radius 3 is 0.463 bits per heavy atom. The van der Waals surface area contributed by atoms with E-state index in [1.165, 1.54) is 0 Å². The zero-order chi connectivity index (χ0) is 98.1. The van der Waals surface area contributed by atoms with Crippen molar-refractivity contribution in [2.24, 2.45) is 0 Å². The summed E-state index contributed by atoms with van der Waals surface area (Å²) in [6, 6.07) is 0. The van der Waals surface area contributed by atoms with Gasteiger partial charge in [-0.15, -0.1) is 0 Å². The molecule has 12 aliphatic heterocycles. The Kier molecular flexibility index (Phi) is 39.6. The lowest BCUT2D eigenvalue weighted by Gasteiger charge is -2.44. The van der Waals surface area contributed by atoms with Crippen LogP contribution in [-0.2, 0) is 114 Å². The summed E-state index contributed by atoms with van der Waals surface area (Å²) in [5.41, 5.74) is 0. The SMILES string of the molecule is COC1OC([C@H](O)CO)C(OC2OC(CO)C(O)C(OC3OC([C@H](O)CO)C(OC4OC(CO)C(O)C(OC5OC([C@H](O)CO)C(OC6OC(CO)C(O)C(OC7OC([C@H](O)CO)C(OC8OC(CO)C(O)C(OC9OC([C@H](O)CO)C(OC%10OC(CO)C(O)C(OC%11OC([C@H](O)CO)C(OC%12OC(CO)C(O)C(O)C%12O)C%11O)C%10O)C9O)C8O)C7O)C6O)C5O)C4O)C3O)C2O)C1O. The largest absolute Gasteiger partial charge is 0.394 e. The molecule has 12 fully saturated rings. The van der Waals surface area contributed by atoms with Crippen LogP contribution in [0.2, 0.25) is 0 Å². The van der Waals surface area contributed by atoms with Crippen molar-refractivity contribution in [1.82, 2.24) is 0 Å². The Bertz CT molecular complexity index is 3440. The fourth-order valence-corrected chi connectivity index (χ4v) is 17.7. The second-order valence-electron chi connectivity index (χ2n) is 33.8. The number of hydrogen-bond donors (Lipinski definition) is 37. The van der Waals surface area contributed by atoms with E-state index in [2.05, 4.69) is 0 Å². The third-order valence-electron chi connectivity index (χ3n) is 25.2. The molecule has 134 heavy (non-hydrogen) atoms. The number of hydrogen-bond acceptors (Lipinski definition) is 61. The molecule has 0 radical (unpaired) electrons. The van der Waals surface area contributed by atoms with Crippen molar-refractivity contribution in [2.75, 3.05) is 86.4 Å². The van der Waals surface area contributed by atoms with Gasteiger partial charge >= 0.3 is 0 Å². The molecule has 0 spiro atoms. The average Bonchev–Trinajstić information content (AvgIpc) is 1.62. The first-order chi connectivity index (χ1) is 63.7. The monoisotopic (exact) mass is 1980 g/mol. The highest BCUT2D eigenvalue weighted by Crippen LogP contribution is 2.45. The fourth-order valence-electron chi connectivity index (χ4n) is 17.7. The van der Waals surface area contributed by atoms with Crippen LogP contribution in [0, 0.1) is 0 Å². The van der Waals surface area contributed by atoms with Gasteiger partial charge in [0.2, 0.25) is 0 Å². The van der Waals surface area contributed by atoms with Crippen molar-refractivity contribution in [1.29, 1.82) is 0 Å². The molecule has 0 amide bonds. The van der Waals surface area contributed by atoms with E-state index in [0.29, 0.717) is 0 Å². The summed E-state index contributed by atoms with van der Waals surface area (Å²) in [7, 11) is 1.11. The van der Waals surface area contributed by atoms with Crippen molar-refractivity contribution in [3.05, 3.63) is 0 Å². The van der Waals surface area contributed by atoms with E-state index >= 15 is 0 Å². The summed E-state index contributed by atoms with van der Waals surface area (Å²) in [5.74, 6) is 0. The maximum Gasteiger partial charge on any atom is 0.187 e. The van der Waals surface area contributed by atoms with Crippen LogP contribution in [0.4, 0.5) is 0 Å².